The largest absolute Gasteiger partial charge is 0.472 e. The first-order chi connectivity index (χ1) is 24.3. The Morgan fingerprint density at radius 2 is 0.900 bits per heavy atom. The first-order valence-electron chi connectivity index (χ1n) is 21.0. The minimum Gasteiger partial charge on any atom is -0.457 e. The van der Waals surface area contributed by atoms with Gasteiger partial charge >= 0.3 is 13.8 Å². The molecule has 0 amide bonds. The van der Waals surface area contributed by atoms with Gasteiger partial charge in [0.15, 0.2) is 0 Å². The Morgan fingerprint density at radius 1 is 0.540 bits per heavy atom. The molecule has 0 radical (unpaired) electrons. The van der Waals surface area contributed by atoms with Crippen molar-refractivity contribution in [3.63, 3.8) is 0 Å². The Bertz CT molecular complexity index is 754. The highest BCUT2D eigenvalue weighted by Crippen LogP contribution is 2.43. The Morgan fingerprint density at radius 3 is 1.30 bits per heavy atom. The first kappa shape index (κ1) is 49.5. The third-order valence-corrected chi connectivity index (χ3v) is 10.2. The second kappa shape index (κ2) is 38.2. The number of esters is 1. The van der Waals surface area contributed by atoms with Gasteiger partial charge in [0.25, 0.3) is 0 Å². The molecule has 0 aliphatic heterocycles. The molecule has 0 saturated heterocycles. The van der Waals surface area contributed by atoms with Crippen molar-refractivity contribution >= 4 is 13.8 Å². The number of ether oxygens (including phenoxy) is 2. The van der Waals surface area contributed by atoms with Crippen LogP contribution in [0.2, 0.25) is 0 Å². The fourth-order valence-corrected chi connectivity index (χ4v) is 6.85. The molecule has 0 heterocycles. The van der Waals surface area contributed by atoms with E-state index in [1.807, 2.05) is 0 Å². The zero-order valence-corrected chi connectivity index (χ0v) is 33.5. The molecule has 3 N–H and O–H groups in total. The summed E-state index contributed by atoms with van der Waals surface area (Å²) in [6, 6.07) is 0. The Kier molecular flexibility index (Phi) is 37.8. The van der Waals surface area contributed by atoms with Gasteiger partial charge in [0.05, 0.1) is 26.4 Å². The minimum atomic E-state index is -4.50. The molecule has 0 aromatic carbocycles. The van der Waals surface area contributed by atoms with E-state index < -0.39 is 33.2 Å². The lowest BCUT2D eigenvalue weighted by atomic mass is 10.0. The van der Waals surface area contributed by atoms with Crippen molar-refractivity contribution in [2.24, 2.45) is 0 Å². The van der Waals surface area contributed by atoms with E-state index in [9.17, 15) is 19.4 Å². The number of hydrogen-bond acceptors (Lipinski definition) is 8. The lowest BCUT2D eigenvalue weighted by molar-refractivity contribution is -0.154. The molecule has 0 bridgehead atoms. The summed E-state index contributed by atoms with van der Waals surface area (Å²) in [6.45, 7) is 3.54. The van der Waals surface area contributed by atoms with Crippen molar-refractivity contribution in [3.05, 3.63) is 0 Å². The summed E-state index contributed by atoms with van der Waals surface area (Å²) >= 11 is 0. The predicted octanol–water partition coefficient (Wildman–Crippen LogP) is 11.1. The molecule has 9 nitrogen and oxygen atoms in total. The van der Waals surface area contributed by atoms with Gasteiger partial charge in [-0.25, -0.2) is 4.57 Å². The molecular weight excluding hydrogens is 655 g/mol. The van der Waals surface area contributed by atoms with Gasteiger partial charge < -0.3 is 24.6 Å². The maximum atomic E-state index is 12.5. The predicted molar refractivity (Wildman–Crippen MR) is 205 cm³/mol. The summed E-state index contributed by atoms with van der Waals surface area (Å²) < 4.78 is 33.2. The molecule has 0 fully saturated rings. The molecule has 0 aromatic rings. The Balaban J connectivity index is 4.02. The van der Waals surface area contributed by atoms with Gasteiger partial charge in [-0.2, -0.15) is 0 Å². The third-order valence-electron chi connectivity index (χ3n) is 9.29. The molecule has 10 heteroatoms. The molecular formula is C40H81O9P. The van der Waals surface area contributed by atoms with Crippen LogP contribution in [0.5, 0.6) is 0 Å². The van der Waals surface area contributed by atoms with E-state index in [0.29, 0.717) is 6.61 Å². The molecule has 0 rings (SSSR count). The van der Waals surface area contributed by atoms with Gasteiger partial charge in [0.1, 0.15) is 12.2 Å². The zero-order valence-electron chi connectivity index (χ0n) is 32.6. The van der Waals surface area contributed by atoms with Gasteiger partial charge in [-0.3, -0.25) is 13.8 Å². The minimum absolute atomic E-state index is 0.0574. The van der Waals surface area contributed by atoms with E-state index in [4.69, 9.17) is 23.6 Å². The van der Waals surface area contributed by atoms with Crippen LogP contribution >= 0.6 is 7.82 Å². The maximum absolute atomic E-state index is 12.5. The fourth-order valence-electron chi connectivity index (χ4n) is 6.06. The van der Waals surface area contributed by atoms with Crippen LogP contribution in [-0.4, -0.2) is 66.3 Å². The van der Waals surface area contributed by atoms with Crippen molar-refractivity contribution in [2.75, 3.05) is 33.0 Å². The molecule has 3 atom stereocenters. The third kappa shape index (κ3) is 37.2. The van der Waals surface area contributed by atoms with Gasteiger partial charge in [-0.05, 0) is 12.8 Å². The molecule has 300 valence electrons. The van der Waals surface area contributed by atoms with E-state index in [2.05, 4.69) is 13.8 Å². The molecule has 1 unspecified atom stereocenters. The summed E-state index contributed by atoms with van der Waals surface area (Å²) in [7, 11) is -4.50. The van der Waals surface area contributed by atoms with E-state index >= 15 is 0 Å². The number of phosphoric acid groups is 1. The summed E-state index contributed by atoms with van der Waals surface area (Å²) in [6.07, 6.45) is 35.0. The van der Waals surface area contributed by atoms with E-state index in [-0.39, 0.29) is 25.6 Å². The summed E-state index contributed by atoms with van der Waals surface area (Å²) in [4.78, 5) is 22.4. The number of hydrogen-bond donors (Lipinski definition) is 3. The van der Waals surface area contributed by atoms with Gasteiger partial charge in [-0.15, -0.1) is 0 Å². The highest BCUT2D eigenvalue weighted by atomic mass is 31.2. The topological polar surface area (TPSA) is 132 Å². The number of carbonyl (C=O) groups excluding carboxylic acids is 1. The van der Waals surface area contributed by atoms with Gasteiger partial charge in [-0.1, -0.05) is 187 Å². The standard InChI is InChI=1S/C40H81O9P/c1-3-5-7-9-11-13-14-15-16-17-18-19-20-21-22-23-25-27-29-31-33-46-36-39(37-48-50(44,45)47-35-38(42)34-41)49-40(43)32-30-28-26-24-12-10-8-6-4-2/h38-39,41-42H,3-37H2,1-2H3,(H,44,45)/t38-,39+/m0/s1. The van der Waals surface area contributed by atoms with Crippen molar-refractivity contribution in [3.8, 4) is 0 Å². The zero-order chi connectivity index (χ0) is 36.8. The molecule has 0 saturated carbocycles. The molecule has 50 heavy (non-hydrogen) atoms. The van der Waals surface area contributed by atoms with Crippen LogP contribution in [-0.2, 0) is 27.9 Å². The monoisotopic (exact) mass is 737 g/mol. The maximum Gasteiger partial charge on any atom is 0.472 e. The number of carbonyl (C=O) groups is 1. The number of aliphatic hydroxyl groups is 2. The summed E-state index contributed by atoms with van der Waals surface area (Å²) in [5, 5.41) is 18.3. The van der Waals surface area contributed by atoms with Crippen LogP contribution < -0.4 is 0 Å². The average molecular weight is 737 g/mol. The molecule has 0 aliphatic carbocycles. The van der Waals surface area contributed by atoms with Crippen LogP contribution in [0.1, 0.15) is 206 Å². The van der Waals surface area contributed by atoms with E-state index in [0.717, 1.165) is 32.1 Å². The second-order valence-corrected chi connectivity index (χ2v) is 15.8. The number of phosphoric ester groups is 1. The number of rotatable bonds is 41. The lowest BCUT2D eigenvalue weighted by Crippen LogP contribution is -2.29. The molecule has 0 spiro atoms. The first-order valence-corrected chi connectivity index (χ1v) is 22.5. The smallest absolute Gasteiger partial charge is 0.457 e. The lowest BCUT2D eigenvalue weighted by Gasteiger charge is -2.20. The Hall–Kier alpha value is -0.540. The number of aliphatic hydroxyl groups excluding tert-OH is 2. The van der Waals surface area contributed by atoms with Crippen LogP contribution in [0.25, 0.3) is 0 Å². The van der Waals surface area contributed by atoms with E-state index in [1.165, 1.54) is 154 Å². The SMILES string of the molecule is CCCCCCCCCCCCCCCCCCCCCCOC[C@H](COP(=O)(O)OC[C@@H](O)CO)OC(=O)CCCCCCCCCCC. The van der Waals surface area contributed by atoms with Gasteiger partial charge in [0, 0.05) is 13.0 Å². The molecule has 0 aliphatic rings. The fraction of sp³-hybridized carbons (Fsp3) is 0.975. The Labute approximate surface area is 308 Å². The van der Waals surface area contributed by atoms with Crippen LogP contribution in [0.4, 0.5) is 0 Å². The van der Waals surface area contributed by atoms with E-state index in [1.54, 1.807) is 0 Å². The second-order valence-electron chi connectivity index (χ2n) is 14.4. The highest BCUT2D eigenvalue weighted by molar-refractivity contribution is 7.47. The quantitative estimate of drug-likeness (QED) is 0.0319. The highest BCUT2D eigenvalue weighted by Gasteiger charge is 2.26. The van der Waals surface area contributed by atoms with Crippen molar-refractivity contribution in [1.82, 2.24) is 0 Å². The van der Waals surface area contributed by atoms with Crippen molar-refractivity contribution < 1.29 is 43.0 Å². The summed E-state index contributed by atoms with van der Waals surface area (Å²) in [5.74, 6) is -0.381. The van der Waals surface area contributed by atoms with Crippen LogP contribution in [0.15, 0.2) is 0 Å². The van der Waals surface area contributed by atoms with Crippen LogP contribution in [0.3, 0.4) is 0 Å². The van der Waals surface area contributed by atoms with Crippen molar-refractivity contribution in [2.45, 2.75) is 219 Å². The number of unbranched alkanes of at least 4 members (excludes halogenated alkanes) is 27. The average Bonchev–Trinajstić information content (AvgIpc) is 3.10. The van der Waals surface area contributed by atoms with Gasteiger partial charge in [0.2, 0.25) is 0 Å². The normalized spacial score (nSPS) is 14.1. The van der Waals surface area contributed by atoms with Crippen LogP contribution in [0, 0.1) is 0 Å². The summed E-state index contributed by atoms with van der Waals surface area (Å²) in [5.41, 5.74) is 0. The molecule has 0 aromatic heterocycles. The van der Waals surface area contributed by atoms with Crippen molar-refractivity contribution in [1.29, 1.82) is 0 Å².